The lowest BCUT2D eigenvalue weighted by Crippen LogP contribution is -2.21. The minimum atomic E-state index is 0.168. The van der Waals surface area contributed by atoms with E-state index in [1.54, 1.807) is 13.2 Å². The lowest BCUT2D eigenvalue weighted by atomic mass is 10.1. The topological polar surface area (TPSA) is 32.7 Å². The second kappa shape index (κ2) is 5.87. The number of aryl methyl sites for hydroxylation is 1. The Bertz CT molecular complexity index is 578. The zero-order valence-electron chi connectivity index (χ0n) is 12.4. The molecule has 3 heteroatoms. The molecule has 106 valence electrons. The smallest absolute Gasteiger partial charge is 0.160 e. The summed E-state index contributed by atoms with van der Waals surface area (Å²) < 4.78 is 5.17. The van der Waals surface area contributed by atoms with Crippen molar-refractivity contribution in [1.29, 1.82) is 0 Å². The van der Waals surface area contributed by atoms with E-state index >= 15 is 0 Å². The summed E-state index contributed by atoms with van der Waals surface area (Å²) in [5.74, 6) is 0.674. The molecule has 0 saturated carbocycles. The van der Waals surface area contributed by atoms with Crippen molar-refractivity contribution in [3.63, 3.8) is 0 Å². The number of ether oxygens (including phenoxy) is 1. The Morgan fingerprint density at radius 3 is 2.35 bits per heavy atom. The molecule has 0 saturated heterocycles. The highest BCUT2D eigenvalue weighted by molar-refractivity contribution is 5.50. The normalized spacial score (nSPS) is 12.0. The van der Waals surface area contributed by atoms with Crippen LogP contribution >= 0.6 is 0 Å². The molecule has 0 radical (unpaired) electrons. The van der Waals surface area contributed by atoms with E-state index in [2.05, 4.69) is 50.1 Å². The van der Waals surface area contributed by atoms with E-state index in [1.807, 2.05) is 12.1 Å². The van der Waals surface area contributed by atoms with Crippen molar-refractivity contribution >= 4 is 5.69 Å². The van der Waals surface area contributed by atoms with E-state index in [-0.39, 0.29) is 11.8 Å². The highest BCUT2D eigenvalue weighted by Crippen LogP contribution is 2.32. The quantitative estimate of drug-likeness (QED) is 0.915. The van der Waals surface area contributed by atoms with Crippen LogP contribution in [0.4, 0.5) is 5.69 Å². The molecule has 1 unspecified atom stereocenters. The van der Waals surface area contributed by atoms with Gasteiger partial charge < -0.3 is 14.7 Å². The lowest BCUT2D eigenvalue weighted by Gasteiger charge is -2.28. The number of hydrogen-bond acceptors (Lipinski definition) is 3. The third-order valence-electron chi connectivity index (χ3n) is 3.71. The largest absolute Gasteiger partial charge is 0.504 e. The summed E-state index contributed by atoms with van der Waals surface area (Å²) in [7, 11) is 3.63. The number of methoxy groups -OCH3 is 1. The maximum absolute atomic E-state index is 9.66. The molecule has 0 fully saturated rings. The Kier molecular flexibility index (Phi) is 4.18. The number of rotatable bonds is 4. The van der Waals surface area contributed by atoms with Gasteiger partial charge in [0.25, 0.3) is 0 Å². The number of phenolic OH excluding ortho intramolecular Hbond substituents is 1. The summed E-state index contributed by atoms with van der Waals surface area (Å²) in [6.07, 6.45) is 0. The maximum atomic E-state index is 9.66. The van der Waals surface area contributed by atoms with Crippen LogP contribution in [0.5, 0.6) is 11.5 Å². The molecular weight excluding hydrogens is 250 g/mol. The van der Waals surface area contributed by atoms with Crippen molar-refractivity contribution in [3.8, 4) is 11.5 Å². The van der Waals surface area contributed by atoms with Crippen LogP contribution in [0, 0.1) is 6.92 Å². The molecule has 0 bridgehead atoms. The molecule has 0 spiro atoms. The predicted octanol–water partition coefficient (Wildman–Crippen LogP) is 3.91. The average molecular weight is 271 g/mol. The van der Waals surface area contributed by atoms with Crippen LogP contribution in [0.3, 0.4) is 0 Å². The van der Waals surface area contributed by atoms with Crippen molar-refractivity contribution in [2.45, 2.75) is 19.9 Å². The van der Waals surface area contributed by atoms with Crippen LogP contribution in [-0.2, 0) is 0 Å². The molecular formula is C17H21NO2. The van der Waals surface area contributed by atoms with Gasteiger partial charge in [-0.3, -0.25) is 0 Å². The Labute approximate surface area is 120 Å². The van der Waals surface area contributed by atoms with E-state index in [9.17, 15) is 5.11 Å². The van der Waals surface area contributed by atoms with Crippen LogP contribution < -0.4 is 9.64 Å². The zero-order chi connectivity index (χ0) is 14.7. The minimum absolute atomic E-state index is 0.168. The molecule has 2 aromatic rings. The number of anilines is 1. The predicted molar refractivity (Wildman–Crippen MR) is 82.7 cm³/mol. The molecule has 0 aliphatic carbocycles. The van der Waals surface area contributed by atoms with E-state index in [4.69, 9.17) is 4.74 Å². The molecule has 0 heterocycles. The number of nitrogens with zero attached hydrogens (tertiary/aromatic N) is 1. The summed E-state index contributed by atoms with van der Waals surface area (Å²) in [5.41, 5.74) is 3.51. The van der Waals surface area contributed by atoms with E-state index in [1.165, 1.54) is 5.56 Å². The SMILES string of the molecule is COc1cc(C(C)N(C)c2ccc(C)cc2)ccc1O. The Morgan fingerprint density at radius 1 is 1.10 bits per heavy atom. The summed E-state index contributed by atoms with van der Waals surface area (Å²) >= 11 is 0. The van der Waals surface area contributed by atoms with Crippen LogP contribution in [0.1, 0.15) is 24.1 Å². The fourth-order valence-corrected chi connectivity index (χ4v) is 2.18. The summed E-state index contributed by atoms with van der Waals surface area (Å²) in [6.45, 7) is 4.21. The number of benzene rings is 2. The third-order valence-corrected chi connectivity index (χ3v) is 3.71. The van der Waals surface area contributed by atoms with Gasteiger partial charge in [0.15, 0.2) is 11.5 Å². The van der Waals surface area contributed by atoms with Crippen molar-refractivity contribution in [3.05, 3.63) is 53.6 Å². The molecule has 2 rings (SSSR count). The Hall–Kier alpha value is -2.16. The second-order valence-electron chi connectivity index (χ2n) is 5.05. The molecule has 1 N–H and O–H groups in total. The second-order valence-corrected chi connectivity index (χ2v) is 5.05. The first-order valence-electron chi connectivity index (χ1n) is 6.69. The van der Waals surface area contributed by atoms with Crippen molar-refractivity contribution in [1.82, 2.24) is 0 Å². The molecule has 0 aliphatic heterocycles. The Balaban J connectivity index is 2.26. The van der Waals surface area contributed by atoms with Crippen molar-refractivity contribution < 1.29 is 9.84 Å². The molecule has 0 aliphatic rings. The van der Waals surface area contributed by atoms with Gasteiger partial charge in [-0.1, -0.05) is 23.8 Å². The number of phenols is 1. The molecule has 3 nitrogen and oxygen atoms in total. The summed E-state index contributed by atoms with van der Waals surface area (Å²) in [4.78, 5) is 2.20. The van der Waals surface area contributed by atoms with Gasteiger partial charge in [0.05, 0.1) is 13.2 Å². The molecule has 0 amide bonds. The fraction of sp³-hybridized carbons (Fsp3) is 0.294. The monoisotopic (exact) mass is 271 g/mol. The van der Waals surface area contributed by atoms with E-state index in [0.717, 1.165) is 11.3 Å². The maximum Gasteiger partial charge on any atom is 0.160 e. The first-order valence-corrected chi connectivity index (χ1v) is 6.69. The molecule has 1 atom stereocenters. The third kappa shape index (κ3) is 2.87. The van der Waals surface area contributed by atoms with Gasteiger partial charge in [0, 0.05) is 12.7 Å². The molecule has 0 aromatic heterocycles. The van der Waals surface area contributed by atoms with Crippen LogP contribution in [0.2, 0.25) is 0 Å². The van der Waals surface area contributed by atoms with E-state index in [0.29, 0.717) is 5.75 Å². The average Bonchev–Trinajstić information content (AvgIpc) is 2.47. The van der Waals surface area contributed by atoms with Gasteiger partial charge >= 0.3 is 0 Å². The summed E-state index contributed by atoms with van der Waals surface area (Å²) in [5, 5.41) is 9.66. The molecule has 20 heavy (non-hydrogen) atoms. The standard InChI is InChI=1S/C17H21NO2/c1-12-5-8-15(9-6-12)18(3)13(2)14-7-10-16(19)17(11-14)20-4/h5-11,13,19H,1-4H3. The van der Waals surface area contributed by atoms with Gasteiger partial charge in [-0.05, 0) is 43.7 Å². The first-order chi connectivity index (χ1) is 9.52. The Morgan fingerprint density at radius 2 is 1.75 bits per heavy atom. The minimum Gasteiger partial charge on any atom is -0.504 e. The van der Waals surface area contributed by atoms with Crippen LogP contribution in [-0.4, -0.2) is 19.3 Å². The zero-order valence-corrected chi connectivity index (χ0v) is 12.4. The van der Waals surface area contributed by atoms with Gasteiger partial charge in [0.1, 0.15) is 0 Å². The van der Waals surface area contributed by atoms with Crippen molar-refractivity contribution in [2.75, 3.05) is 19.1 Å². The van der Waals surface area contributed by atoms with E-state index < -0.39 is 0 Å². The first kappa shape index (κ1) is 14.3. The van der Waals surface area contributed by atoms with Crippen LogP contribution in [0.15, 0.2) is 42.5 Å². The van der Waals surface area contributed by atoms with Gasteiger partial charge in [0.2, 0.25) is 0 Å². The van der Waals surface area contributed by atoms with Gasteiger partial charge in [-0.15, -0.1) is 0 Å². The highest BCUT2D eigenvalue weighted by atomic mass is 16.5. The van der Waals surface area contributed by atoms with Gasteiger partial charge in [-0.2, -0.15) is 0 Å². The summed E-state index contributed by atoms with van der Waals surface area (Å²) in [6, 6.07) is 14.1. The lowest BCUT2D eigenvalue weighted by molar-refractivity contribution is 0.372. The van der Waals surface area contributed by atoms with Crippen LogP contribution in [0.25, 0.3) is 0 Å². The molecule has 2 aromatic carbocycles. The highest BCUT2D eigenvalue weighted by Gasteiger charge is 2.14. The number of hydrogen-bond donors (Lipinski definition) is 1. The van der Waals surface area contributed by atoms with Gasteiger partial charge in [-0.25, -0.2) is 0 Å². The fourth-order valence-electron chi connectivity index (χ4n) is 2.18. The number of aromatic hydroxyl groups is 1. The van der Waals surface area contributed by atoms with Crippen molar-refractivity contribution in [2.24, 2.45) is 0 Å².